The van der Waals surface area contributed by atoms with Crippen LogP contribution < -0.4 is 5.32 Å². The van der Waals surface area contributed by atoms with E-state index in [-0.39, 0.29) is 35.1 Å². The zero-order valence-electron chi connectivity index (χ0n) is 13.8. The molecule has 0 spiro atoms. The standard InChI is InChI=1S/C16H21N3O4/c1-10-5-6-12(13(7-10)19(22)23)17-15(21)11-8-14(20)18(9-11)16(2,3)4/h5-7,11H,8-9H2,1-4H3,(H,17,21). The Morgan fingerprint density at radius 3 is 2.57 bits per heavy atom. The Morgan fingerprint density at radius 1 is 1.39 bits per heavy atom. The smallest absolute Gasteiger partial charge is 0.293 e. The molecule has 0 aliphatic carbocycles. The number of hydrogen-bond donors (Lipinski definition) is 1. The van der Waals surface area contributed by atoms with E-state index in [4.69, 9.17) is 0 Å². The Morgan fingerprint density at radius 2 is 2.04 bits per heavy atom. The lowest BCUT2D eigenvalue weighted by molar-refractivity contribution is -0.384. The SMILES string of the molecule is Cc1ccc(NC(=O)C2CC(=O)N(C(C)(C)C)C2)c([N+](=O)[O-])c1. The number of benzene rings is 1. The van der Waals surface area contributed by atoms with Gasteiger partial charge in [0.05, 0.1) is 10.8 Å². The summed E-state index contributed by atoms with van der Waals surface area (Å²) in [5.74, 6) is -0.934. The van der Waals surface area contributed by atoms with Crippen LogP contribution in [0.3, 0.4) is 0 Å². The van der Waals surface area contributed by atoms with Crippen LogP contribution in [0.1, 0.15) is 32.8 Å². The van der Waals surface area contributed by atoms with Crippen LogP contribution >= 0.6 is 0 Å². The van der Waals surface area contributed by atoms with Crippen LogP contribution in [0.4, 0.5) is 11.4 Å². The van der Waals surface area contributed by atoms with Crippen LogP contribution in [0.2, 0.25) is 0 Å². The molecule has 124 valence electrons. The highest BCUT2D eigenvalue weighted by Gasteiger charge is 2.39. The fourth-order valence-electron chi connectivity index (χ4n) is 2.66. The number of anilines is 1. The Balaban J connectivity index is 2.15. The van der Waals surface area contributed by atoms with Gasteiger partial charge in [-0.25, -0.2) is 0 Å². The first-order chi connectivity index (χ1) is 10.6. The fraction of sp³-hybridized carbons (Fsp3) is 0.500. The molecule has 7 nitrogen and oxygen atoms in total. The number of nitrogens with zero attached hydrogens (tertiary/aromatic N) is 2. The summed E-state index contributed by atoms with van der Waals surface area (Å²) >= 11 is 0. The van der Waals surface area contributed by atoms with Crippen molar-refractivity contribution in [3.63, 3.8) is 0 Å². The first kappa shape index (κ1) is 16.9. The maximum Gasteiger partial charge on any atom is 0.293 e. The maximum atomic E-state index is 12.4. The summed E-state index contributed by atoms with van der Waals surface area (Å²) in [5, 5.41) is 13.7. The van der Waals surface area contributed by atoms with Gasteiger partial charge in [0.2, 0.25) is 11.8 Å². The summed E-state index contributed by atoms with van der Waals surface area (Å²) in [6.07, 6.45) is 0.128. The number of nitro benzene ring substituents is 1. The van der Waals surface area contributed by atoms with E-state index in [9.17, 15) is 19.7 Å². The second kappa shape index (κ2) is 5.98. The lowest BCUT2D eigenvalue weighted by atomic mass is 10.1. The van der Waals surface area contributed by atoms with E-state index >= 15 is 0 Å². The van der Waals surface area contributed by atoms with E-state index in [0.717, 1.165) is 5.56 Å². The number of aryl methyl sites for hydroxylation is 1. The minimum Gasteiger partial charge on any atom is -0.337 e. The molecule has 1 N–H and O–H groups in total. The minimum absolute atomic E-state index is 0.0731. The van der Waals surface area contributed by atoms with Crippen molar-refractivity contribution in [1.29, 1.82) is 0 Å². The summed E-state index contributed by atoms with van der Waals surface area (Å²) < 4.78 is 0. The van der Waals surface area contributed by atoms with Gasteiger partial charge >= 0.3 is 0 Å². The number of carbonyl (C=O) groups is 2. The van der Waals surface area contributed by atoms with Gasteiger partial charge in [-0.1, -0.05) is 6.07 Å². The third kappa shape index (κ3) is 3.67. The summed E-state index contributed by atoms with van der Waals surface area (Å²) in [5.41, 5.74) is 0.411. The van der Waals surface area contributed by atoms with Crippen molar-refractivity contribution in [3.05, 3.63) is 33.9 Å². The molecule has 1 aromatic carbocycles. The highest BCUT2D eigenvalue weighted by Crippen LogP contribution is 2.29. The number of nitrogens with one attached hydrogen (secondary N) is 1. The van der Waals surface area contributed by atoms with E-state index in [0.29, 0.717) is 6.54 Å². The third-order valence-electron chi connectivity index (χ3n) is 3.91. The topological polar surface area (TPSA) is 92.6 Å². The second-order valence-electron chi connectivity index (χ2n) is 6.84. The van der Waals surface area contributed by atoms with Crippen LogP contribution in [0, 0.1) is 23.0 Å². The van der Waals surface area contributed by atoms with E-state index in [1.165, 1.54) is 12.1 Å². The molecule has 0 radical (unpaired) electrons. The molecular weight excluding hydrogens is 298 g/mol. The van der Waals surface area contributed by atoms with Crippen molar-refractivity contribution < 1.29 is 14.5 Å². The van der Waals surface area contributed by atoms with Gasteiger partial charge in [0, 0.05) is 24.6 Å². The Labute approximate surface area is 134 Å². The van der Waals surface area contributed by atoms with Gasteiger partial charge in [0.15, 0.2) is 0 Å². The Kier molecular flexibility index (Phi) is 4.40. The van der Waals surface area contributed by atoms with Crippen molar-refractivity contribution in [3.8, 4) is 0 Å². The average molecular weight is 319 g/mol. The highest BCUT2D eigenvalue weighted by molar-refractivity contribution is 5.98. The first-order valence-electron chi connectivity index (χ1n) is 7.46. The molecule has 1 aliphatic rings. The number of amides is 2. The fourth-order valence-corrected chi connectivity index (χ4v) is 2.66. The average Bonchev–Trinajstić information content (AvgIpc) is 2.82. The van der Waals surface area contributed by atoms with Crippen molar-refractivity contribution in [2.24, 2.45) is 5.92 Å². The molecule has 23 heavy (non-hydrogen) atoms. The van der Waals surface area contributed by atoms with Gasteiger partial charge in [-0.2, -0.15) is 0 Å². The Hall–Kier alpha value is -2.44. The zero-order chi connectivity index (χ0) is 17.4. The van der Waals surface area contributed by atoms with Gasteiger partial charge < -0.3 is 10.2 Å². The molecule has 0 aromatic heterocycles. The maximum absolute atomic E-state index is 12.4. The summed E-state index contributed by atoms with van der Waals surface area (Å²) in [6, 6.07) is 4.63. The molecule has 1 fully saturated rings. The molecular formula is C16H21N3O4. The minimum atomic E-state index is -0.524. The number of likely N-dealkylation sites (tertiary alicyclic amines) is 1. The molecule has 2 rings (SSSR count). The second-order valence-corrected chi connectivity index (χ2v) is 6.84. The van der Waals surface area contributed by atoms with E-state index in [2.05, 4.69) is 5.32 Å². The lowest BCUT2D eigenvalue weighted by Gasteiger charge is -2.31. The Bertz CT molecular complexity index is 664. The van der Waals surface area contributed by atoms with Gasteiger partial charge in [0.1, 0.15) is 5.69 Å². The summed E-state index contributed by atoms with van der Waals surface area (Å²) in [7, 11) is 0. The van der Waals surface area contributed by atoms with Crippen LogP contribution in [-0.2, 0) is 9.59 Å². The molecule has 1 aromatic rings. The van der Waals surface area contributed by atoms with Gasteiger partial charge in [-0.15, -0.1) is 0 Å². The van der Waals surface area contributed by atoms with Crippen molar-refractivity contribution in [2.45, 2.75) is 39.7 Å². The molecule has 1 unspecified atom stereocenters. The molecule has 0 bridgehead atoms. The molecule has 0 saturated carbocycles. The molecule has 1 saturated heterocycles. The lowest BCUT2D eigenvalue weighted by Crippen LogP contribution is -2.42. The number of hydrogen-bond acceptors (Lipinski definition) is 4. The quantitative estimate of drug-likeness (QED) is 0.684. The normalized spacial score (nSPS) is 18.2. The van der Waals surface area contributed by atoms with E-state index < -0.39 is 10.8 Å². The largest absolute Gasteiger partial charge is 0.337 e. The van der Waals surface area contributed by atoms with E-state index in [1.807, 2.05) is 20.8 Å². The van der Waals surface area contributed by atoms with Gasteiger partial charge in [0.25, 0.3) is 5.69 Å². The number of nitro groups is 1. The third-order valence-corrected chi connectivity index (χ3v) is 3.91. The van der Waals surface area contributed by atoms with Gasteiger partial charge in [-0.05, 0) is 39.3 Å². The summed E-state index contributed by atoms with van der Waals surface area (Å²) in [6.45, 7) is 7.81. The highest BCUT2D eigenvalue weighted by atomic mass is 16.6. The van der Waals surface area contributed by atoms with Crippen LogP contribution in [-0.4, -0.2) is 33.7 Å². The molecule has 2 amide bonds. The van der Waals surface area contributed by atoms with Crippen LogP contribution in [0.25, 0.3) is 0 Å². The van der Waals surface area contributed by atoms with Crippen molar-refractivity contribution in [1.82, 2.24) is 4.90 Å². The zero-order valence-corrected chi connectivity index (χ0v) is 13.8. The van der Waals surface area contributed by atoms with Crippen LogP contribution in [0.15, 0.2) is 18.2 Å². The monoisotopic (exact) mass is 319 g/mol. The van der Waals surface area contributed by atoms with Crippen LogP contribution in [0.5, 0.6) is 0 Å². The number of carbonyl (C=O) groups excluding carboxylic acids is 2. The predicted octanol–water partition coefficient (Wildman–Crippen LogP) is 2.49. The van der Waals surface area contributed by atoms with Gasteiger partial charge in [-0.3, -0.25) is 19.7 Å². The molecule has 1 atom stereocenters. The van der Waals surface area contributed by atoms with E-state index in [1.54, 1.807) is 17.9 Å². The van der Waals surface area contributed by atoms with Crippen molar-refractivity contribution >= 4 is 23.2 Å². The summed E-state index contributed by atoms with van der Waals surface area (Å²) in [4.78, 5) is 36.7. The molecule has 1 aliphatic heterocycles. The van der Waals surface area contributed by atoms with Crippen molar-refractivity contribution in [2.75, 3.05) is 11.9 Å². The molecule has 1 heterocycles. The predicted molar refractivity (Wildman–Crippen MR) is 86.0 cm³/mol. The number of rotatable bonds is 3. The first-order valence-corrected chi connectivity index (χ1v) is 7.46. The molecule has 7 heteroatoms.